The highest BCUT2D eigenvalue weighted by Crippen LogP contribution is 2.43. The van der Waals surface area contributed by atoms with E-state index in [0.717, 1.165) is 0 Å². The van der Waals surface area contributed by atoms with Crippen LogP contribution in [-0.4, -0.2) is 45.5 Å². The molecule has 2 heterocycles. The van der Waals surface area contributed by atoms with E-state index >= 15 is 0 Å². The molecule has 1 saturated heterocycles. The van der Waals surface area contributed by atoms with Gasteiger partial charge >= 0.3 is 5.69 Å². The van der Waals surface area contributed by atoms with Crippen molar-refractivity contribution in [3.63, 3.8) is 0 Å². The van der Waals surface area contributed by atoms with Gasteiger partial charge in [0.05, 0.1) is 12.7 Å². The summed E-state index contributed by atoms with van der Waals surface area (Å²) in [6.45, 7) is 3.58. The highest BCUT2D eigenvalue weighted by Gasteiger charge is 2.40. The van der Waals surface area contributed by atoms with Gasteiger partial charge in [-0.05, 0) is 20.3 Å². The quantitative estimate of drug-likeness (QED) is 0.759. The Morgan fingerprint density at radius 2 is 2.24 bits per heavy atom. The molecule has 0 spiro atoms. The van der Waals surface area contributed by atoms with E-state index in [1.165, 1.54) is 28.6 Å². The van der Waals surface area contributed by atoms with Crippen molar-refractivity contribution in [2.24, 2.45) is 0 Å². The van der Waals surface area contributed by atoms with E-state index in [1.807, 2.05) is 0 Å². The Balaban J connectivity index is 2.29. The number of aromatic amines is 1. The molecule has 1 aromatic rings. The predicted molar refractivity (Wildman–Crippen MR) is 79.4 cm³/mol. The Bertz CT molecular complexity index is 597. The molecule has 2 N–H and O–H groups in total. The zero-order valence-corrected chi connectivity index (χ0v) is 13.1. The van der Waals surface area contributed by atoms with Gasteiger partial charge in [-0.3, -0.25) is 14.3 Å². The molecule has 0 aliphatic carbocycles. The van der Waals surface area contributed by atoms with E-state index < -0.39 is 17.0 Å². The molecule has 7 nitrogen and oxygen atoms in total. The zero-order chi connectivity index (χ0) is 15.6. The number of rotatable bonds is 5. The summed E-state index contributed by atoms with van der Waals surface area (Å²) in [6, 6.07) is 1.30. The van der Waals surface area contributed by atoms with Crippen LogP contribution in [-0.2, 0) is 9.47 Å². The molecule has 118 valence electrons. The topological polar surface area (TPSA) is 93.5 Å². The average Bonchev–Trinajstić information content (AvgIpc) is 2.81. The molecular formula is C13H20N2O5S. The molecule has 1 aliphatic heterocycles. The number of hydrogen-bond donors (Lipinski definition) is 2. The van der Waals surface area contributed by atoms with Crippen molar-refractivity contribution >= 4 is 11.8 Å². The Morgan fingerprint density at radius 1 is 1.52 bits per heavy atom. The number of H-pyrrole nitrogens is 1. The van der Waals surface area contributed by atoms with Crippen molar-refractivity contribution in [2.75, 3.05) is 13.7 Å². The van der Waals surface area contributed by atoms with Gasteiger partial charge in [-0.15, -0.1) is 11.8 Å². The Hall–Kier alpha value is -1.09. The average molecular weight is 316 g/mol. The minimum Gasteiger partial charge on any atom is -0.395 e. The van der Waals surface area contributed by atoms with Crippen molar-refractivity contribution in [2.45, 2.75) is 42.8 Å². The number of aliphatic hydroxyl groups excluding tert-OH is 1. The van der Waals surface area contributed by atoms with E-state index in [4.69, 9.17) is 9.47 Å². The first-order valence-electron chi connectivity index (χ1n) is 6.67. The Morgan fingerprint density at radius 3 is 2.81 bits per heavy atom. The summed E-state index contributed by atoms with van der Waals surface area (Å²) in [5, 5.41) is 9.02. The number of hydrogen-bond acceptors (Lipinski definition) is 6. The molecule has 3 unspecified atom stereocenters. The molecule has 2 rings (SSSR count). The lowest BCUT2D eigenvalue weighted by molar-refractivity contribution is -0.226. The van der Waals surface area contributed by atoms with Gasteiger partial charge in [0, 0.05) is 24.6 Å². The van der Waals surface area contributed by atoms with Crippen molar-refractivity contribution in [3.8, 4) is 0 Å². The largest absolute Gasteiger partial charge is 0.395 e. The van der Waals surface area contributed by atoms with E-state index in [1.54, 1.807) is 21.0 Å². The van der Waals surface area contributed by atoms with E-state index in [0.29, 0.717) is 6.42 Å². The van der Waals surface area contributed by atoms with E-state index in [2.05, 4.69) is 4.98 Å². The second-order valence-corrected chi connectivity index (χ2v) is 6.77. The van der Waals surface area contributed by atoms with Gasteiger partial charge in [-0.1, -0.05) is 0 Å². The van der Waals surface area contributed by atoms with Crippen molar-refractivity contribution in [3.05, 3.63) is 33.1 Å². The third kappa shape index (κ3) is 3.76. The molecule has 1 fully saturated rings. The number of methoxy groups -OCH3 is 1. The molecule has 0 saturated carbocycles. The summed E-state index contributed by atoms with van der Waals surface area (Å²) in [5.74, 6) is -0.792. The monoisotopic (exact) mass is 316 g/mol. The molecule has 21 heavy (non-hydrogen) atoms. The highest BCUT2D eigenvalue weighted by molar-refractivity contribution is 8.00. The predicted octanol–water partition coefficient (Wildman–Crippen LogP) is 0.301. The Labute approximate surface area is 126 Å². The second-order valence-electron chi connectivity index (χ2n) is 5.34. The summed E-state index contributed by atoms with van der Waals surface area (Å²) in [6.07, 6.45) is 1.75. The van der Waals surface area contributed by atoms with Crippen LogP contribution in [0.15, 0.2) is 21.9 Å². The fraction of sp³-hybridized carbons (Fsp3) is 0.692. The van der Waals surface area contributed by atoms with E-state index in [-0.39, 0.29) is 23.3 Å². The molecule has 0 radical (unpaired) electrons. The fourth-order valence-electron chi connectivity index (χ4n) is 2.22. The number of ether oxygens (including phenoxy) is 2. The zero-order valence-electron chi connectivity index (χ0n) is 12.2. The molecular weight excluding hydrogens is 296 g/mol. The van der Waals surface area contributed by atoms with Gasteiger partial charge in [-0.2, -0.15) is 0 Å². The van der Waals surface area contributed by atoms with Crippen LogP contribution in [0.5, 0.6) is 0 Å². The standard InChI is InChI=1S/C13H20N2O5S/c1-13(2,19-3)20-9-6-8(7-16)21-11(9)15-5-4-10(17)14-12(15)18/h4-5,8-9,11,16H,6-7H2,1-3H3,(H,14,17,18). The Kier molecular flexibility index (Phi) is 4.92. The van der Waals surface area contributed by atoms with Crippen LogP contribution in [0.3, 0.4) is 0 Å². The lowest BCUT2D eigenvalue weighted by Crippen LogP contribution is -2.38. The van der Waals surface area contributed by atoms with Crippen LogP contribution in [0.2, 0.25) is 0 Å². The molecule has 0 amide bonds. The van der Waals surface area contributed by atoms with Crippen LogP contribution in [0, 0.1) is 0 Å². The molecule has 3 atom stereocenters. The van der Waals surface area contributed by atoms with Gasteiger partial charge in [0.2, 0.25) is 0 Å². The first kappa shape index (κ1) is 16.3. The summed E-state index contributed by atoms with van der Waals surface area (Å²) in [7, 11) is 1.55. The van der Waals surface area contributed by atoms with Crippen LogP contribution >= 0.6 is 11.8 Å². The number of aliphatic hydroxyl groups is 1. The summed E-state index contributed by atoms with van der Waals surface area (Å²) >= 11 is 1.45. The molecule has 0 aromatic carbocycles. The van der Waals surface area contributed by atoms with Gasteiger partial charge in [0.15, 0.2) is 5.79 Å². The van der Waals surface area contributed by atoms with Crippen molar-refractivity contribution < 1.29 is 14.6 Å². The molecule has 8 heteroatoms. The van der Waals surface area contributed by atoms with Crippen molar-refractivity contribution in [1.29, 1.82) is 0 Å². The maximum atomic E-state index is 11.9. The van der Waals surface area contributed by atoms with Crippen molar-refractivity contribution in [1.82, 2.24) is 9.55 Å². The molecule has 0 bridgehead atoms. The number of thioether (sulfide) groups is 1. The lowest BCUT2D eigenvalue weighted by atomic mass is 10.2. The van der Waals surface area contributed by atoms with Gasteiger partial charge in [-0.25, -0.2) is 4.79 Å². The van der Waals surface area contributed by atoms with Gasteiger partial charge in [0.25, 0.3) is 5.56 Å². The van der Waals surface area contributed by atoms with E-state index in [9.17, 15) is 14.7 Å². The summed E-state index contributed by atoms with van der Waals surface area (Å²) in [4.78, 5) is 25.4. The third-order valence-corrected chi connectivity index (χ3v) is 4.94. The highest BCUT2D eigenvalue weighted by atomic mass is 32.2. The number of nitrogens with one attached hydrogen (secondary N) is 1. The van der Waals surface area contributed by atoms with Crippen LogP contribution < -0.4 is 11.2 Å². The van der Waals surface area contributed by atoms with Crippen LogP contribution in [0.1, 0.15) is 25.6 Å². The fourth-order valence-corrected chi connectivity index (χ4v) is 3.65. The number of aromatic nitrogens is 2. The summed E-state index contributed by atoms with van der Waals surface area (Å²) < 4.78 is 12.6. The minimum atomic E-state index is -0.792. The first-order chi connectivity index (χ1) is 9.86. The van der Waals surface area contributed by atoms with Crippen LogP contribution in [0.4, 0.5) is 0 Å². The first-order valence-corrected chi connectivity index (χ1v) is 7.61. The molecule has 1 aromatic heterocycles. The minimum absolute atomic E-state index is 0.00649. The third-order valence-electron chi connectivity index (χ3n) is 3.40. The number of nitrogens with zero attached hydrogens (tertiary/aromatic N) is 1. The maximum Gasteiger partial charge on any atom is 0.329 e. The van der Waals surface area contributed by atoms with Crippen LogP contribution in [0.25, 0.3) is 0 Å². The smallest absolute Gasteiger partial charge is 0.329 e. The van der Waals surface area contributed by atoms with Gasteiger partial charge in [0.1, 0.15) is 5.37 Å². The SMILES string of the molecule is COC(C)(C)OC1CC(CO)SC1n1ccc(=O)[nH]c1=O. The summed E-state index contributed by atoms with van der Waals surface area (Å²) in [5.41, 5.74) is -0.921. The lowest BCUT2D eigenvalue weighted by Gasteiger charge is -2.30. The second kappa shape index (κ2) is 6.35. The molecule has 1 aliphatic rings. The maximum absolute atomic E-state index is 11.9. The normalized spacial score (nSPS) is 26.2. The van der Waals surface area contributed by atoms with Gasteiger partial charge < -0.3 is 14.6 Å².